The molecule has 0 aliphatic heterocycles. The Kier molecular flexibility index (Phi) is 5.37. The topological polar surface area (TPSA) is 38.3 Å². The van der Waals surface area contributed by atoms with E-state index in [1.54, 1.807) is 7.11 Å². The van der Waals surface area contributed by atoms with Gasteiger partial charge in [-0.1, -0.05) is 54.6 Å². The Morgan fingerprint density at radius 2 is 1.82 bits per heavy atom. The Balaban J connectivity index is 2.66. The Morgan fingerprint density at radius 3 is 2.45 bits per heavy atom. The molecule has 0 unspecified atom stereocenters. The monoisotopic (exact) mass is 295 g/mol. The number of allylic oxidation sites excluding steroid dienone is 1. The molecule has 0 fully saturated rings. The SMILES string of the molecule is C=CC[C@](CNC=O)(c1ccccc1)c1ccccc1OC. The van der Waals surface area contributed by atoms with E-state index in [1.165, 1.54) is 0 Å². The molecule has 2 rings (SSSR count). The van der Waals surface area contributed by atoms with Crippen LogP contribution in [0.5, 0.6) is 5.75 Å². The maximum Gasteiger partial charge on any atom is 0.207 e. The molecule has 2 aromatic rings. The summed E-state index contributed by atoms with van der Waals surface area (Å²) in [6, 6.07) is 18.0. The zero-order valence-corrected chi connectivity index (χ0v) is 12.8. The zero-order chi connectivity index (χ0) is 15.8. The van der Waals surface area contributed by atoms with Gasteiger partial charge in [0.15, 0.2) is 0 Å². The van der Waals surface area contributed by atoms with E-state index >= 15 is 0 Å². The molecule has 3 heteroatoms. The van der Waals surface area contributed by atoms with Crippen LogP contribution in [0.25, 0.3) is 0 Å². The molecular formula is C19H21NO2. The highest BCUT2D eigenvalue weighted by atomic mass is 16.5. The van der Waals surface area contributed by atoms with Gasteiger partial charge < -0.3 is 10.1 Å². The third kappa shape index (κ3) is 3.03. The fourth-order valence-corrected chi connectivity index (χ4v) is 2.91. The van der Waals surface area contributed by atoms with Gasteiger partial charge in [-0.25, -0.2) is 0 Å². The van der Waals surface area contributed by atoms with Gasteiger partial charge in [-0.05, 0) is 18.1 Å². The molecule has 0 aromatic heterocycles. The summed E-state index contributed by atoms with van der Waals surface area (Å²) in [5.41, 5.74) is 1.75. The number of hydrogen-bond donors (Lipinski definition) is 1. The van der Waals surface area contributed by atoms with Crippen LogP contribution in [-0.4, -0.2) is 20.1 Å². The number of para-hydroxylation sites is 1. The second-order valence-corrected chi connectivity index (χ2v) is 5.14. The lowest BCUT2D eigenvalue weighted by atomic mass is 9.71. The summed E-state index contributed by atoms with van der Waals surface area (Å²) in [4.78, 5) is 10.9. The minimum absolute atomic E-state index is 0.406. The normalized spacial score (nSPS) is 13.0. The maximum atomic E-state index is 10.9. The highest BCUT2D eigenvalue weighted by Gasteiger charge is 2.35. The molecular weight excluding hydrogens is 274 g/mol. The molecule has 1 N–H and O–H groups in total. The van der Waals surface area contributed by atoms with Crippen molar-refractivity contribution in [1.29, 1.82) is 0 Å². The third-order valence-electron chi connectivity index (χ3n) is 3.93. The number of ether oxygens (including phenoxy) is 1. The Bertz CT molecular complexity index is 624. The largest absolute Gasteiger partial charge is 0.496 e. The molecule has 0 aliphatic carbocycles. The van der Waals surface area contributed by atoms with Gasteiger partial charge in [-0.2, -0.15) is 0 Å². The average Bonchev–Trinajstić information content (AvgIpc) is 2.59. The highest BCUT2D eigenvalue weighted by molar-refractivity contribution is 5.52. The lowest BCUT2D eigenvalue weighted by molar-refractivity contribution is -0.109. The summed E-state index contributed by atoms with van der Waals surface area (Å²) in [5.74, 6) is 0.806. The molecule has 0 saturated heterocycles. The van der Waals surface area contributed by atoms with E-state index in [1.807, 2.05) is 48.5 Å². The van der Waals surface area contributed by atoms with Crippen molar-refractivity contribution in [2.24, 2.45) is 0 Å². The lowest BCUT2D eigenvalue weighted by Crippen LogP contribution is -2.39. The Hall–Kier alpha value is -2.55. The molecule has 22 heavy (non-hydrogen) atoms. The number of hydrogen-bond acceptors (Lipinski definition) is 2. The van der Waals surface area contributed by atoms with Crippen LogP contribution in [0.3, 0.4) is 0 Å². The van der Waals surface area contributed by atoms with E-state index in [9.17, 15) is 4.79 Å². The molecule has 1 amide bonds. The minimum atomic E-state index is -0.406. The van der Waals surface area contributed by atoms with Crippen LogP contribution >= 0.6 is 0 Å². The molecule has 0 spiro atoms. The van der Waals surface area contributed by atoms with Crippen LogP contribution < -0.4 is 10.1 Å². The van der Waals surface area contributed by atoms with Crippen LogP contribution in [0.15, 0.2) is 67.3 Å². The van der Waals surface area contributed by atoms with Crippen LogP contribution in [0, 0.1) is 0 Å². The molecule has 3 nitrogen and oxygen atoms in total. The highest BCUT2D eigenvalue weighted by Crippen LogP contribution is 2.40. The standard InChI is InChI=1S/C19H21NO2/c1-3-13-19(14-20-15-21,16-9-5-4-6-10-16)17-11-7-8-12-18(17)22-2/h3-12,15H,1,13-14H2,2H3,(H,20,21)/t19-/m0/s1. The quantitative estimate of drug-likeness (QED) is 0.599. The molecule has 114 valence electrons. The lowest BCUT2D eigenvalue weighted by Gasteiger charge is -2.35. The smallest absolute Gasteiger partial charge is 0.207 e. The number of benzene rings is 2. The van der Waals surface area contributed by atoms with Crippen molar-refractivity contribution in [2.45, 2.75) is 11.8 Å². The molecule has 0 heterocycles. The fourth-order valence-electron chi connectivity index (χ4n) is 2.91. The maximum absolute atomic E-state index is 10.9. The van der Waals surface area contributed by atoms with Gasteiger partial charge in [0.25, 0.3) is 0 Å². The average molecular weight is 295 g/mol. The molecule has 1 atom stereocenters. The third-order valence-corrected chi connectivity index (χ3v) is 3.93. The van der Waals surface area contributed by atoms with Crippen LogP contribution in [-0.2, 0) is 10.2 Å². The van der Waals surface area contributed by atoms with E-state index < -0.39 is 5.41 Å². The Labute approximate surface area is 131 Å². The number of methoxy groups -OCH3 is 1. The van der Waals surface area contributed by atoms with Gasteiger partial charge in [0.05, 0.1) is 7.11 Å². The number of carbonyl (C=O) groups excluding carboxylic acids is 1. The summed E-state index contributed by atoms with van der Waals surface area (Å²) in [6.07, 6.45) is 3.31. The fraction of sp³-hybridized carbons (Fsp3) is 0.211. The van der Waals surface area contributed by atoms with E-state index in [-0.39, 0.29) is 0 Å². The van der Waals surface area contributed by atoms with Gasteiger partial charge >= 0.3 is 0 Å². The first-order valence-electron chi connectivity index (χ1n) is 7.25. The zero-order valence-electron chi connectivity index (χ0n) is 12.8. The second-order valence-electron chi connectivity index (χ2n) is 5.14. The van der Waals surface area contributed by atoms with Gasteiger partial charge in [-0.3, -0.25) is 4.79 Å². The first-order valence-corrected chi connectivity index (χ1v) is 7.25. The summed E-state index contributed by atoms with van der Waals surface area (Å²) in [6.45, 7) is 4.38. The molecule has 0 radical (unpaired) electrons. The van der Waals surface area contributed by atoms with Crippen LogP contribution in [0.2, 0.25) is 0 Å². The molecule has 0 aliphatic rings. The predicted molar refractivity (Wildman–Crippen MR) is 89.1 cm³/mol. The van der Waals surface area contributed by atoms with Gasteiger partial charge in [0, 0.05) is 17.5 Å². The van der Waals surface area contributed by atoms with Crippen molar-refractivity contribution in [2.75, 3.05) is 13.7 Å². The number of carbonyl (C=O) groups is 1. The van der Waals surface area contributed by atoms with Crippen molar-refractivity contribution >= 4 is 6.41 Å². The second kappa shape index (κ2) is 7.46. The van der Waals surface area contributed by atoms with Crippen LogP contribution in [0.4, 0.5) is 0 Å². The number of nitrogens with one attached hydrogen (secondary N) is 1. The molecule has 0 saturated carbocycles. The molecule has 0 bridgehead atoms. The van der Waals surface area contributed by atoms with E-state index in [2.05, 4.69) is 24.0 Å². The first kappa shape index (κ1) is 15.8. The predicted octanol–water partition coefficient (Wildman–Crippen LogP) is 3.30. The summed E-state index contributed by atoms with van der Waals surface area (Å²) < 4.78 is 5.55. The van der Waals surface area contributed by atoms with Crippen molar-refractivity contribution in [3.8, 4) is 5.75 Å². The number of amides is 1. The summed E-state index contributed by atoms with van der Waals surface area (Å²) in [7, 11) is 1.66. The van der Waals surface area contributed by atoms with E-state index in [4.69, 9.17) is 4.74 Å². The minimum Gasteiger partial charge on any atom is -0.496 e. The molecule has 2 aromatic carbocycles. The number of rotatable bonds is 8. The van der Waals surface area contributed by atoms with E-state index in [0.29, 0.717) is 13.0 Å². The van der Waals surface area contributed by atoms with Gasteiger partial charge in [-0.15, -0.1) is 6.58 Å². The first-order chi connectivity index (χ1) is 10.8. The van der Waals surface area contributed by atoms with Crippen molar-refractivity contribution in [3.05, 3.63) is 78.4 Å². The van der Waals surface area contributed by atoms with Crippen molar-refractivity contribution in [3.63, 3.8) is 0 Å². The Morgan fingerprint density at radius 1 is 1.14 bits per heavy atom. The van der Waals surface area contributed by atoms with E-state index in [0.717, 1.165) is 23.3 Å². The van der Waals surface area contributed by atoms with Crippen molar-refractivity contribution in [1.82, 2.24) is 5.32 Å². The van der Waals surface area contributed by atoms with Crippen molar-refractivity contribution < 1.29 is 9.53 Å². The summed E-state index contributed by atoms with van der Waals surface area (Å²) in [5, 5.41) is 2.84. The van der Waals surface area contributed by atoms with Gasteiger partial charge in [0.1, 0.15) is 5.75 Å². The van der Waals surface area contributed by atoms with Crippen LogP contribution in [0.1, 0.15) is 17.5 Å². The summed E-state index contributed by atoms with van der Waals surface area (Å²) >= 11 is 0. The van der Waals surface area contributed by atoms with Gasteiger partial charge in [0.2, 0.25) is 6.41 Å².